The van der Waals surface area contributed by atoms with Gasteiger partial charge in [-0.2, -0.15) is 0 Å². The van der Waals surface area contributed by atoms with Gasteiger partial charge in [-0.05, 0) is 68.3 Å². The molecule has 0 bridgehead atoms. The summed E-state index contributed by atoms with van der Waals surface area (Å²) in [6.07, 6.45) is 0. The molecule has 4 rings (SSSR count). The first kappa shape index (κ1) is 27.9. The Bertz CT molecular complexity index is 1640. The van der Waals surface area contributed by atoms with Gasteiger partial charge >= 0.3 is 0 Å². The molecule has 2 amide bonds. The maximum atomic E-state index is 13.2. The van der Waals surface area contributed by atoms with Crippen molar-refractivity contribution >= 4 is 44.8 Å². The van der Waals surface area contributed by atoms with Crippen molar-refractivity contribution in [3.63, 3.8) is 0 Å². The minimum Gasteiger partial charge on any atom is -0.345 e. The van der Waals surface area contributed by atoms with Crippen LogP contribution < -0.4 is 15.4 Å². The molecule has 7 nitrogen and oxygen atoms in total. The van der Waals surface area contributed by atoms with Gasteiger partial charge in [0, 0.05) is 5.56 Å². The lowest BCUT2D eigenvalue weighted by molar-refractivity contribution is 0.0940. The topological polar surface area (TPSA) is 104 Å². The van der Waals surface area contributed by atoms with Crippen LogP contribution in [0.5, 0.6) is 0 Å². The molecule has 0 radical (unpaired) electrons. The highest BCUT2D eigenvalue weighted by atomic mass is 35.5. The molecule has 1 atom stereocenters. The number of aryl methyl sites for hydroxylation is 2. The Morgan fingerprint density at radius 3 is 2.21 bits per heavy atom. The molecule has 0 aliphatic carbocycles. The molecule has 0 spiro atoms. The van der Waals surface area contributed by atoms with E-state index in [2.05, 4.69) is 15.4 Å². The number of sulfonamides is 1. The molecule has 39 heavy (non-hydrogen) atoms. The van der Waals surface area contributed by atoms with Gasteiger partial charge in [0.15, 0.2) is 0 Å². The van der Waals surface area contributed by atoms with E-state index in [0.29, 0.717) is 5.69 Å². The minimum absolute atomic E-state index is 0.0292. The maximum absolute atomic E-state index is 13.2. The van der Waals surface area contributed by atoms with Crippen LogP contribution in [0.2, 0.25) is 5.02 Å². The van der Waals surface area contributed by atoms with E-state index in [-0.39, 0.29) is 38.7 Å². The summed E-state index contributed by atoms with van der Waals surface area (Å²) in [7, 11) is -4.10. The molecule has 200 valence electrons. The van der Waals surface area contributed by atoms with Crippen LogP contribution in [0, 0.1) is 13.8 Å². The molecular weight excluding hydrogens is 534 g/mol. The molecule has 0 aliphatic rings. The van der Waals surface area contributed by atoms with Crippen LogP contribution in [0.25, 0.3) is 0 Å². The van der Waals surface area contributed by atoms with E-state index in [1.165, 1.54) is 18.2 Å². The molecule has 0 saturated heterocycles. The van der Waals surface area contributed by atoms with E-state index in [0.717, 1.165) is 16.7 Å². The fourth-order valence-electron chi connectivity index (χ4n) is 4.06. The molecule has 3 N–H and O–H groups in total. The average Bonchev–Trinajstić information content (AvgIpc) is 2.91. The Balaban J connectivity index is 1.55. The number of anilines is 2. The van der Waals surface area contributed by atoms with Gasteiger partial charge in [0.1, 0.15) is 4.90 Å². The highest BCUT2D eigenvalue weighted by Crippen LogP contribution is 2.27. The SMILES string of the molecule is Cc1ccc(NS(=O)(=O)c2cc(C(=O)Nc3ccccc3C(=O)N[C@H](C)c3ccccc3)ccc2Cl)c(C)c1. The third kappa shape index (κ3) is 6.66. The fourth-order valence-corrected chi connectivity index (χ4v) is 5.72. The minimum atomic E-state index is -4.10. The molecule has 4 aromatic rings. The highest BCUT2D eigenvalue weighted by Gasteiger charge is 2.22. The van der Waals surface area contributed by atoms with Gasteiger partial charge in [-0.25, -0.2) is 8.42 Å². The van der Waals surface area contributed by atoms with Crippen LogP contribution >= 0.6 is 11.6 Å². The molecular formula is C30H28ClN3O4S. The largest absolute Gasteiger partial charge is 0.345 e. The third-order valence-corrected chi connectivity index (χ3v) is 8.02. The number of para-hydroxylation sites is 1. The molecule has 0 heterocycles. The molecule has 0 aliphatic heterocycles. The number of nitrogens with one attached hydrogen (secondary N) is 3. The maximum Gasteiger partial charge on any atom is 0.263 e. The first-order valence-electron chi connectivity index (χ1n) is 12.2. The van der Waals surface area contributed by atoms with Gasteiger partial charge in [0.05, 0.1) is 28.0 Å². The Morgan fingerprint density at radius 1 is 0.795 bits per heavy atom. The monoisotopic (exact) mass is 561 g/mol. The zero-order valence-corrected chi connectivity index (χ0v) is 23.2. The number of amides is 2. The van der Waals surface area contributed by atoms with E-state index in [1.54, 1.807) is 43.3 Å². The predicted molar refractivity (Wildman–Crippen MR) is 155 cm³/mol. The lowest BCUT2D eigenvalue weighted by Gasteiger charge is -2.17. The quantitative estimate of drug-likeness (QED) is 0.228. The Kier molecular flexibility index (Phi) is 8.38. The molecule has 9 heteroatoms. The summed E-state index contributed by atoms with van der Waals surface area (Å²) in [5.74, 6) is -0.953. The molecule has 0 aromatic heterocycles. The van der Waals surface area contributed by atoms with Crippen molar-refractivity contribution in [3.05, 3.63) is 124 Å². The summed E-state index contributed by atoms with van der Waals surface area (Å²) < 4.78 is 28.9. The summed E-state index contributed by atoms with van der Waals surface area (Å²) >= 11 is 6.24. The normalized spacial score (nSPS) is 11.9. The second-order valence-electron chi connectivity index (χ2n) is 9.17. The Labute approximate surface area is 233 Å². The first-order valence-corrected chi connectivity index (χ1v) is 14.1. The number of halogens is 1. The number of rotatable bonds is 8. The summed E-state index contributed by atoms with van der Waals surface area (Å²) in [4.78, 5) is 26.0. The Hall–Kier alpha value is -4.14. The van der Waals surface area contributed by atoms with Gasteiger partial charge in [-0.3, -0.25) is 14.3 Å². The number of benzene rings is 4. The van der Waals surface area contributed by atoms with Gasteiger partial charge in [0.25, 0.3) is 21.8 Å². The van der Waals surface area contributed by atoms with Crippen molar-refractivity contribution in [1.29, 1.82) is 0 Å². The number of carbonyl (C=O) groups is 2. The zero-order chi connectivity index (χ0) is 28.2. The summed E-state index contributed by atoms with van der Waals surface area (Å²) in [6.45, 7) is 5.58. The molecule has 0 unspecified atom stereocenters. The second kappa shape index (κ2) is 11.7. The number of hydrogen-bond donors (Lipinski definition) is 3. The molecule has 0 fully saturated rings. The summed E-state index contributed by atoms with van der Waals surface area (Å²) in [5.41, 5.74) is 3.72. The van der Waals surface area contributed by atoms with Crippen LogP contribution in [0.15, 0.2) is 95.9 Å². The number of carbonyl (C=O) groups excluding carboxylic acids is 2. The van der Waals surface area contributed by atoms with E-state index < -0.39 is 15.9 Å². The predicted octanol–water partition coefficient (Wildman–Crippen LogP) is 6.50. The standard InChI is InChI=1S/C30H28ClN3O4S/c1-19-13-16-26(20(2)17-19)34-39(37,38)28-18-23(14-15-25(28)31)29(35)33-27-12-8-7-11-24(27)30(36)32-21(3)22-9-5-4-6-10-22/h4-18,21,34H,1-3H3,(H,32,36)(H,33,35)/t21-/m1/s1. The third-order valence-electron chi connectivity index (χ3n) is 6.18. The van der Waals surface area contributed by atoms with Crippen LogP contribution in [0.3, 0.4) is 0 Å². The van der Waals surface area contributed by atoms with Crippen molar-refractivity contribution in [2.75, 3.05) is 10.0 Å². The fraction of sp³-hybridized carbons (Fsp3) is 0.133. The van der Waals surface area contributed by atoms with E-state index in [4.69, 9.17) is 11.6 Å². The van der Waals surface area contributed by atoms with Crippen molar-refractivity contribution in [2.24, 2.45) is 0 Å². The lowest BCUT2D eigenvalue weighted by atomic mass is 10.1. The first-order chi connectivity index (χ1) is 18.5. The Morgan fingerprint density at radius 2 is 1.49 bits per heavy atom. The van der Waals surface area contributed by atoms with Crippen molar-refractivity contribution in [2.45, 2.75) is 31.7 Å². The van der Waals surface area contributed by atoms with E-state index in [9.17, 15) is 18.0 Å². The molecule has 4 aromatic carbocycles. The van der Waals surface area contributed by atoms with Crippen LogP contribution in [-0.4, -0.2) is 20.2 Å². The van der Waals surface area contributed by atoms with Crippen LogP contribution in [-0.2, 0) is 10.0 Å². The lowest BCUT2D eigenvalue weighted by Crippen LogP contribution is -2.28. The van der Waals surface area contributed by atoms with Crippen LogP contribution in [0.4, 0.5) is 11.4 Å². The van der Waals surface area contributed by atoms with Gasteiger partial charge in [0.2, 0.25) is 0 Å². The van der Waals surface area contributed by atoms with Gasteiger partial charge in [-0.1, -0.05) is 71.8 Å². The van der Waals surface area contributed by atoms with Crippen molar-refractivity contribution < 1.29 is 18.0 Å². The smallest absolute Gasteiger partial charge is 0.263 e. The van der Waals surface area contributed by atoms with Crippen molar-refractivity contribution in [3.8, 4) is 0 Å². The van der Waals surface area contributed by atoms with Gasteiger partial charge in [-0.15, -0.1) is 0 Å². The average molecular weight is 562 g/mol. The summed E-state index contributed by atoms with van der Waals surface area (Å²) in [6, 6.07) is 25.2. The molecule has 0 saturated carbocycles. The van der Waals surface area contributed by atoms with Crippen molar-refractivity contribution in [1.82, 2.24) is 5.32 Å². The number of hydrogen-bond acceptors (Lipinski definition) is 4. The van der Waals surface area contributed by atoms with E-state index in [1.807, 2.05) is 50.2 Å². The van der Waals surface area contributed by atoms with Gasteiger partial charge < -0.3 is 10.6 Å². The van der Waals surface area contributed by atoms with E-state index >= 15 is 0 Å². The second-order valence-corrected chi connectivity index (χ2v) is 11.2. The van der Waals surface area contributed by atoms with Crippen LogP contribution in [0.1, 0.15) is 50.4 Å². The highest BCUT2D eigenvalue weighted by molar-refractivity contribution is 7.92. The summed E-state index contributed by atoms with van der Waals surface area (Å²) in [5, 5.41) is 5.63. The zero-order valence-electron chi connectivity index (χ0n) is 21.7.